The van der Waals surface area contributed by atoms with Gasteiger partial charge in [0, 0.05) is 57.5 Å². The van der Waals surface area contributed by atoms with Crippen molar-refractivity contribution in [2.45, 2.75) is 45.4 Å². The number of ether oxygens (including phenoxy) is 2. The number of nitrogens with one attached hydrogen (secondary N) is 1. The average Bonchev–Trinajstić information content (AvgIpc) is 3.70. The molecule has 0 unspecified atom stereocenters. The molecule has 8 heteroatoms. The maximum absolute atomic E-state index is 13.9. The van der Waals surface area contributed by atoms with Crippen LogP contribution < -0.4 is 10.1 Å². The third kappa shape index (κ3) is 6.42. The highest BCUT2D eigenvalue weighted by molar-refractivity contribution is 5.99. The number of methoxy groups -OCH3 is 1. The van der Waals surface area contributed by atoms with Crippen molar-refractivity contribution in [2.24, 2.45) is 11.8 Å². The van der Waals surface area contributed by atoms with Gasteiger partial charge in [-0.3, -0.25) is 14.5 Å². The fourth-order valence-corrected chi connectivity index (χ4v) is 4.60. The minimum absolute atomic E-state index is 0.00175. The maximum atomic E-state index is 13.9. The van der Waals surface area contributed by atoms with Crippen LogP contribution in [0.3, 0.4) is 0 Å². The van der Waals surface area contributed by atoms with Gasteiger partial charge in [-0.15, -0.1) is 0 Å². The van der Waals surface area contributed by atoms with Gasteiger partial charge < -0.3 is 19.7 Å². The SMILES string of the molecule is CO[C@@H]1CN(C)C(=O)c2ccc(NC(=O)C3CC3)cc2OC[C@H](C)N(Cc2cccc(F)c2)C[C@@H]1C. The van der Waals surface area contributed by atoms with E-state index in [1.54, 1.807) is 49.4 Å². The van der Waals surface area contributed by atoms with E-state index in [1.807, 2.05) is 6.07 Å². The second-order valence-corrected chi connectivity index (χ2v) is 10.1. The molecule has 36 heavy (non-hydrogen) atoms. The Labute approximate surface area is 212 Å². The molecule has 1 aliphatic carbocycles. The van der Waals surface area contributed by atoms with Crippen molar-refractivity contribution < 1.29 is 23.5 Å². The molecule has 2 aromatic carbocycles. The minimum Gasteiger partial charge on any atom is -0.491 e. The molecule has 2 amide bonds. The van der Waals surface area contributed by atoms with Gasteiger partial charge in [-0.1, -0.05) is 19.1 Å². The van der Waals surface area contributed by atoms with Crippen LogP contribution in [-0.2, 0) is 16.1 Å². The molecule has 1 fully saturated rings. The molecule has 0 bridgehead atoms. The summed E-state index contributed by atoms with van der Waals surface area (Å²) in [6, 6.07) is 11.8. The predicted molar refractivity (Wildman–Crippen MR) is 136 cm³/mol. The van der Waals surface area contributed by atoms with Gasteiger partial charge in [0.05, 0.1) is 11.7 Å². The first-order valence-corrected chi connectivity index (χ1v) is 12.6. The summed E-state index contributed by atoms with van der Waals surface area (Å²) in [4.78, 5) is 29.5. The molecule has 0 saturated heterocycles. The van der Waals surface area contributed by atoms with Crippen molar-refractivity contribution in [3.8, 4) is 5.75 Å². The van der Waals surface area contributed by atoms with Crippen LogP contribution in [-0.4, -0.2) is 67.6 Å². The fraction of sp³-hybridized carbons (Fsp3) is 0.500. The Bertz CT molecular complexity index is 1090. The van der Waals surface area contributed by atoms with E-state index in [0.717, 1.165) is 18.4 Å². The summed E-state index contributed by atoms with van der Waals surface area (Å²) in [6.45, 7) is 6.15. The number of hydrogen-bond acceptors (Lipinski definition) is 5. The smallest absolute Gasteiger partial charge is 0.257 e. The van der Waals surface area contributed by atoms with Gasteiger partial charge in [-0.05, 0) is 55.5 Å². The monoisotopic (exact) mass is 497 g/mol. The molecule has 194 valence electrons. The molecule has 7 nitrogen and oxygen atoms in total. The number of anilines is 1. The van der Waals surface area contributed by atoms with Gasteiger partial charge in [0.2, 0.25) is 5.91 Å². The van der Waals surface area contributed by atoms with Crippen LogP contribution in [0.1, 0.15) is 42.6 Å². The number of nitrogens with zero attached hydrogens (tertiary/aromatic N) is 2. The van der Waals surface area contributed by atoms with Gasteiger partial charge in [0.25, 0.3) is 5.91 Å². The number of hydrogen-bond donors (Lipinski definition) is 1. The lowest BCUT2D eigenvalue weighted by Gasteiger charge is -2.36. The Balaban J connectivity index is 1.62. The Morgan fingerprint density at radius 2 is 1.94 bits per heavy atom. The van der Waals surface area contributed by atoms with Gasteiger partial charge in [-0.25, -0.2) is 4.39 Å². The van der Waals surface area contributed by atoms with Crippen LogP contribution in [0.25, 0.3) is 0 Å². The molecule has 1 aliphatic heterocycles. The van der Waals surface area contributed by atoms with Crippen molar-refractivity contribution in [3.05, 3.63) is 59.4 Å². The van der Waals surface area contributed by atoms with Crippen LogP contribution in [0.5, 0.6) is 5.75 Å². The Morgan fingerprint density at radius 1 is 1.17 bits per heavy atom. The molecule has 2 aromatic rings. The van der Waals surface area contributed by atoms with Crippen molar-refractivity contribution in [3.63, 3.8) is 0 Å². The van der Waals surface area contributed by atoms with Crippen molar-refractivity contribution in [1.82, 2.24) is 9.80 Å². The van der Waals surface area contributed by atoms with Crippen LogP contribution in [0, 0.1) is 17.7 Å². The van der Waals surface area contributed by atoms with Gasteiger partial charge in [0.1, 0.15) is 18.2 Å². The summed E-state index contributed by atoms with van der Waals surface area (Å²) in [5.74, 6) is 0.190. The highest BCUT2D eigenvalue weighted by atomic mass is 19.1. The second kappa shape index (κ2) is 11.4. The molecule has 1 N–H and O–H groups in total. The highest BCUT2D eigenvalue weighted by Crippen LogP contribution is 2.32. The summed E-state index contributed by atoms with van der Waals surface area (Å²) in [5.41, 5.74) is 1.93. The number of fused-ring (bicyclic) bond motifs is 1. The van der Waals surface area contributed by atoms with E-state index in [1.165, 1.54) is 6.07 Å². The highest BCUT2D eigenvalue weighted by Gasteiger charge is 2.31. The molecular weight excluding hydrogens is 461 g/mol. The average molecular weight is 498 g/mol. The van der Waals surface area contributed by atoms with E-state index in [2.05, 4.69) is 24.1 Å². The summed E-state index contributed by atoms with van der Waals surface area (Å²) >= 11 is 0. The van der Waals surface area contributed by atoms with E-state index < -0.39 is 0 Å². The summed E-state index contributed by atoms with van der Waals surface area (Å²) < 4.78 is 25.9. The molecule has 1 heterocycles. The standard InChI is InChI=1S/C28H36FN3O4/c1-18-14-32(15-20-6-5-7-22(29)12-20)19(2)17-36-25-13-23(30-27(33)21-8-9-21)10-11-24(25)28(34)31(3)16-26(18)35-4/h5-7,10-13,18-19,21,26H,8-9,14-17H2,1-4H3,(H,30,33)/t18-,19-,26+/m0/s1. The molecule has 3 atom stereocenters. The Kier molecular flexibility index (Phi) is 8.26. The first-order valence-electron chi connectivity index (χ1n) is 12.6. The first-order chi connectivity index (χ1) is 17.2. The molecule has 0 aromatic heterocycles. The van der Waals surface area contributed by atoms with Crippen molar-refractivity contribution >= 4 is 17.5 Å². The predicted octanol–water partition coefficient (Wildman–Crippen LogP) is 4.18. The van der Waals surface area contributed by atoms with E-state index in [4.69, 9.17) is 9.47 Å². The first kappa shape index (κ1) is 26.1. The van der Waals surface area contributed by atoms with Crippen molar-refractivity contribution in [2.75, 3.05) is 39.2 Å². The number of halogens is 1. The Morgan fingerprint density at radius 3 is 2.64 bits per heavy atom. The lowest BCUT2D eigenvalue weighted by molar-refractivity contribution is -0.117. The quantitative estimate of drug-likeness (QED) is 0.671. The fourth-order valence-electron chi connectivity index (χ4n) is 4.60. The zero-order chi connectivity index (χ0) is 25.8. The normalized spacial score (nSPS) is 23.8. The molecule has 0 spiro atoms. The van der Waals surface area contributed by atoms with Crippen LogP contribution in [0.2, 0.25) is 0 Å². The second-order valence-electron chi connectivity index (χ2n) is 10.1. The number of benzene rings is 2. The molecule has 1 saturated carbocycles. The third-order valence-electron chi connectivity index (χ3n) is 7.07. The maximum Gasteiger partial charge on any atom is 0.257 e. The summed E-state index contributed by atoms with van der Waals surface area (Å²) in [7, 11) is 3.42. The largest absolute Gasteiger partial charge is 0.491 e. The van der Waals surface area contributed by atoms with Crippen LogP contribution >= 0.6 is 0 Å². The number of rotatable bonds is 5. The summed E-state index contributed by atoms with van der Waals surface area (Å²) in [5, 5.41) is 2.94. The number of amides is 2. The van der Waals surface area contributed by atoms with E-state index in [9.17, 15) is 14.0 Å². The zero-order valence-electron chi connectivity index (χ0n) is 21.5. The van der Waals surface area contributed by atoms with E-state index >= 15 is 0 Å². The van der Waals surface area contributed by atoms with E-state index in [0.29, 0.717) is 43.2 Å². The molecular formula is C28H36FN3O4. The molecule has 0 radical (unpaired) electrons. The number of likely N-dealkylation sites (N-methyl/N-ethyl adjacent to an activating group) is 1. The van der Waals surface area contributed by atoms with Crippen LogP contribution in [0.15, 0.2) is 42.5 Å². The third-order valence-corrected chi connectivity index (χ3v) is 7.07. The lowest BCUT2D eigenvalue weighted by Crippen LogP contribution is -2.46. The number of carbonyl (C=O) groups is 2. The number of carbonyl (C=O) groups excluding carboxylic acids is 2. The minimum atomic E-state index is -0.261. The van der Waals surface area contributed by atoms with Crippen molar-refractivity contribution in [1.29, 1.82) is 0 Å². The summed E-state index contributed by atoms with van der Waals surface area (Å²) in [6.07, 6.45) is 1.64. The lowest BCUT2D eigenvalue weighted by atomic mass is 10.0. The van der Waals surface area contributed by atoms with E-state index in [-0.39, 0.29) is 41.6 Å². The van der Waals surface area contributed by atoms with Gasteiger partial charge in [-0.2, -0.15) is 0 Å². The topological polar surface area (TPSA) is 71.1 Å². The Hall–Kier alpha value is -2.97. The van der Waals surface area contributed by atoms with Gasteiger partial charge >= 0.3 is 0 Å². The molecule has 2 aliphatic rings. The van der Waals surface area contributed by atoms with Gasteiger partial charge in [0.15, 0.2) is 0 Å². The van der Waals surface area contributed by atoms with Crippen LogP contribution in [0.4, 0.5) is 10.1 Å². The molecule has 4 rings (SSSR count). The zero-order valence-corrected chi connectivity index (χ0v) is 21.5.